The quantitative estimate of drug-likeness (QED) is 0.766. The molecule has 1 aromatic heterocycles. The van der Waals surface area contributed by atoms with E-state index in [4.69, 9.17) is 0 Å². The molecule has 3 N–H and O–H groups in total. The van der Waals surface area contributed by atoms with Crippen LogP contribution in [0.1, 0.15) is 25.1 Å². The molecule has 0 bridgehead atoms. The Bertz CT molecular complexity index is 841. The first-order valence-electron chi connectivity index (χ1n) is 8.87. The van der Waals surface area contributed by atoms with E-state index in [1.54, 1.807) is 12.1 Å². The van der Waals surface area contributed by atoms with Crippen molar-refractivity contribution < 1.29 is 4.79 Å². The van der Waals surface area contributed by atoms with Gasteiger partial charge in [0.15, 0.2) is 0 Å². The van der Waals surface area contributed by atoms with Crippen molar-refractivity contribution in [3.05, 3.63) is 40.4 Å². The van der Waals surface area contributed by atoms with Crippen LogP contribution >= 0.6 is 0 Å². The molecule has 2 aliphatic rings. The lowest BCUT2D eigenvalue weighted by atomic mass is 9.79. The van der Waals surface area contributed by atoms with E-state index in [9.17, 15) is 9.59 Å². The van der Waals surface area contributed by atoms with Gasteiger partial charge in [-0.25, -0.2) is 9.78 Å². The Balaban J connectivity index is 1.42. The van der Waals surface area contributed by atoms with Crippen LogP contribution in [0.15, 0.2) is 29.1 Å². The smallest absolute Gasteiger partial charge is 0.317 e. The molecule has 7 heteroatoms. The average Bonchev–Trinajstić information content (AvgIpc) is 3.07. The number of aromatic nitrogens is 2. The third-order valence-electron chi connectivity index (χ3n) is 5.35. The summed E-state index contributed by atoms with van der Waals surface area (Å²) in [6.07, 6.45) is 3.36. The van der Waals surface area contributed by atoms with Crippen molar-refractivity contribution in [2.24, 2.45) is 5.41 Å². The average molecular weight is 341 g/mol. The summed E-state index contributed by atoms with van der Waals surface area (Å²) >= 11 is 0. The van der Waals surface area contributed by atoms with E-state index in [0.717, 1.165) is 39.0 Å². The summed E-state index contributed by atoms with van der Waals surface area (Å²) in [6.45, 7) is 3.84. The highest BCUT2D eigenvalue weighted by molar-refractivity contribution is 5.77. The molecule has 1 atom stereocenters. The van der Waals surface area contributed by atoms with E-state index in [2.05, 4.69) is 20.6 Å². The molecular formula is C18H23N5O2. The number of nitrogens with one attached hydrogen (secondary N) is 3. The van der Waals surface area contributed by atoms with Crippen molar-refractivity contribution in [1.82, 2.24) is 25.5 Å². The number of carbonyl (C=O) groups is 1. The van der Waals surface area contributed by atoms with Gasteiger partial charge in [-0.3, -0.25) is 4.79 Å². The Hall–Kier alpha value is -2.41. The Kier molecular flexibility index (Phi) is 4.17. The number of para-hydroxylation sites is 1. The van der Waals surface area contributed by atoms with E-state index in [1.165, 1.54) is 6.42 Å². The Labute approximate surface area is 145 Å². The van der Waals surface area contributed by atoms with Crippen molar-refractivity contribution in [1.29, 1.82) is 0 Å². The Morgan fingerprint density at radius 3 is 3.04 bits per heavy atom. The SMILES string of the molecule is O=C(NCc1nc2ccccc2c(=O)[nH]1)N1CCC[C@]2(CCNC2)C1. The third kappa shape index (κ3) is 3.24. The number of rotatable bonds is 2. The number of likely N-dealkylation sites (tertiary alicyclic amines) is 1. The van der Waals surface area contributed by atoms with Crippen LogP contribution < -0.4 is 16.2 Å². The van der Waals surface area contributed by atoms with Crippen LogP contribution in [0.3, 0.4) is 0 Å². The van der Waals surface area contributed by atoms with Crippen LogP contribution in [0, 0.1) is 5.41 Å². The predicted octanol–water partition coefficient (Wildman–Crippen LogP) is 1.21. The molecule has 3 heterocycles. The molecule has 0 radical (unpaired) electrons. The number of aromatic amines is 1. The van der Waals surface area contributed by atoms with E-state index in [0.29, 0.717) is 16.7 Å². The van der Waals surface area contributed by atoms with Gasteiger partial charge in [-0.15, -0.1) is 0 Å². The van der Waals surface area contributed by atoms with Gasteiger partial charge >= 0.3 is 6.03 Å². The summed E-state index contributed by atoms with van der Waals surface area (Å²) in [6, 6.07) is 7.12. The Morgan fingerprint density at radius 2 is 2.20 bits per heavy atom. The number of hydrogen-bond acceptors (Lipinski definition) is 4. The van der Waals surface area contributed by atoms with Crippen LogP contribution in [0.25, 0.3) is 10.9 Å². The summed E-state index contributed by atoms with van der Waals surface area (Å²) < 4.78 is 0. The van der Waals surface area contributed by atoms with Crippen LogP contribution in [-0.2, 0) is 6.54 Å². The van der Waals surface area contributed by atoms with Crippen molar-refractivity contribution in [2.45, 2.75) is 25.8 Å². The molecule has 0 aliphatic carbocycles. The van der Waals surface area contributed by atoms with Gasteiger partial charge in [0.05, 0.1) is 17.4 Å². The van der Waals surface area contributed by atoms with E-state index >= 15 is 0 Å². The van der Waals surface area contributed by atoms with Gasteiger partial charge in [-0.2, -0.15) is 0 Å². The number of benzene rings is 1. The number of H-pyrrole nitrogens is 1. The lowest BCUT2D eigenvalue weighted by molar-refractivity contribution is 0.118. The fourth-order valence-corrected chi connectivity index (χ4v) is 4.01. The number of amides is 2. The van der Waals surface area contributed by atoms with E-state index < -0.39 is 0 Å². The monoisotopic (exact) mass is 341 g/mol. The molecule has 25 heavy (non-hydrogen) atoms. The second kappa shape index (κ2) is 6.48. The minimum absolute atomic E-state index is 0.0817. The fraction of sp³-hybridized carbons (Fsp3) is 0.500. The first kappa shape index (κ1) is 16.1. The van der Waals surface area contributed by atoms with E-state index in [1.807, 2.05) is 17.0 Å². The van der Waals surface area contributed by atoms with Crippen LogP contribution in [-0.4, -0.2) is 47.1 Å². The molecule has 0 unspecified atom stereocenters. The number of urea groups is 1. The second-order valence-corrected chi connectivity index (χ2v) is 7.14. The summed E-state index contributed by atoms with van der Waals surface area (Å²) in [4.78, 5) is 33.7. The largest absolute Gasteiger partial charge is 0.331 e. The molecule has 2 saturated heterocycles. The highest BCUT2D eigenvalue weighted by atomic mass is 16.2. The van der Waals surface area contributed by atoms with Gasteiger partial charge in [0, 0.05) is 25.0 Å². The number of nitrogens with zero attached hydrogens (tertiary/aromatic N) is 2. The van der Waals surface area contributed by atoms with Gasteiger partial charge in [-0.05, 0) is 37.9 Å². The molecule has 4 rings (SSSR count). The molecule has 7 nitrogen and oxygen atoms in total. The molecule has 2 aliphatic heterocycles. The van der Waals surface area contributed by atoms with Crippen LogP contribution in [0.4, 0.5) is 4.79 Å². The van der Waals surface area contributed by atoms with Crippen molar-refractivity contribution in [3.8, 4) is 0 Å². The predicted molar refractivity (Wildman–Crippen MR) is 95.3 cm³/mol. The lowest BCUT2D eigenvalue weighted by Crippen LogP contribution is -2.50. The third-order valence-corrected chi connectivity index (χ3v) is 5.35. The summed E-state index contributed by atoms with van der Waals surface area (Å²) in [5, 5.41) is 6.88. The van der Waals surface area contributed by atoms with Gasteiger partial charge in [0.25, 0.3) is 5.56 Å². The maximum absolute atomic E-state index is 12.5. The molecular weight excluding hydrogens is 318 g/mol. The number of piperidine rings is 1. The normalized spacial score (nSPS) is 23.3. The molecule has 132 valence electrons. The first-order chi connectivity index (χ1) is 12.2. The van der Waals surface area contributed by atoms with Gasteiger partial charge in [0.2, 0.25) is 0 Å². The zero-order valence-corrected chi connectivity index (χ0v) is 14.2. The van der Waals surface area contributed by atoms with Gasteiger partial charge in [-0.1, -0.05) is 12.1 Å². The summed E-state index contributed by atoms with van der Waals surface area (Å²) in [5.74, 6) is 0.478. The first-order valence-corrected chi connectivity index (χ1v) is 8.87. The fourth-order valence-electron chi connectivity index (χ4n) is 4.01. The maximum atomic E-state index is 12.5. The maximum Gasteiger partial charge on any atom is 0.317 e. The molecule has 2 fully saturated rings. The zero-order valence-electron chi connectivity index (χ0n) is 14.2. The minimum atomic E-state index is -0.177. The standard InChI is InChI=1S/C18H23N5O2/c24-16-13-4-1-2-5-14(13)21-15(22-16)10-20-17(25)23-9-3-6-18(12-23)7-8-19-11-18/h1-2,4-5,19H,3,6-12H2,(H,20,25)(H,21,22,24)/t18-/m1/s1. The van der Waals surface area contributed by atoms with Crippen molar-refractivity contribution in [3.63, 3.8) is 0 Å². The van der Waals surface area contributed by atoms with Crippen molar-refractivity contribution in [2.75, 3.05) is 26.2 Å². The summed E-state index contributed by atoms with van der Waals surface area (Å²) in [7, 11) is 0. The molecule has 2 aromatic rings. The second-order valence-electron chi connectivity index (χ2n) is 7.14. The number of carbonyl (C=O) groups excluding carboxylic acids is 1. The van der Waals surface area contributed by atoms with Crippen molar-refractivity contribution >= 4 is 16.9 Å². The Morgan fingerprint density at radius 1 is 1.32 bits per heavy atom. The number of hydrogen-bond donors (Lipinski definition) is 3. The molecule has 2 amide bonds. The highest BCUT2D eigenvalue weighted by Crippen LogP contribution is 2.35. The molecule has 0 saturated carbocycles. The van der Waals surface area contributed by atoms with Crippen LogP contribution in [0.2, 0.25) is 0 Å². The topological polar surface area (TPSA) is 90.1 Å². The number of fused-ring (bicyclic) bond motifs is 1. The molecule has 1 aromatic carbocycles. The lowest BCUT2D eigenvalue weighted by Gasteiger charge is -2.39. The van der Waals surface area contributed by atoms with Gasteiger partial charge in [0.1, 0.15) is 5.82 Å². The minimum Gasteiger partial charge on any atom is -0.331 e. The zero-order chi connectivity index (χ0) is 17.3. The highest BCUT2D eigenvalue weighted by Gasteiger charge is 2.39. The molecule has 1 spiro atoms. The van der Waals surface area contributed by atoms with E-state index in [-0.39, 0.29) is 23.6 Å². The van der Waals surface area contributed by atoms with Crippen LogP contribution in [0.5, 0.6) is 0 Å². The summed E-state index contributed by atoms with van der Waals surface area (Å²) in [5.41, 5.74) is 0.707. The van der Waals surface area contributed by atoms with Gasteiger partial charge < -0.3 is 20.5 Å².